The lowest BCUT2D eigenvalue weighted by Gasteiger charge is -2.05. The molecule has 24 heavy (non-hydrogen) atoms. The molecule has 0 heterocycles. The number of benzene rings is 3. The number of fused-ring (bicyclic) bond motifs is 1. The van der Waals surface area contributed by atoms with Crippen molar-refractivity contribution in [3.8, 4) is 5.75 Å². The number of nitrogens with zero attached hydrogens (tertiary/aromatic N) is 1. The Bertz CT molecular complexity index is 871. The smallest absolute Gasteiger partial charge is 0.277 e. The maximum absolute atomic E-state index is 11.8. The maximum Gasteiger partial charge on any atom is 0.277 e. The highest BCUT2D eigenvalue weighted by Gasteiger charge is 2.02. The van der Waals surface area contributed by atoms with Gasteiger partial charge in [0.1, 0.15) is 5.75 Å². The minimum Gasteiger partial charge on any atom is -0.484 e. The van der Waals surface area contributed by atoms with Crippen molar-refractivity contribution in [3.63, 3.8) is 0 Å². The molecular formula is C19H15ClN2O2. The standard InChI is InChI=1S/C19H15ClN2O2/c20-16-8-10-17(11-9-16)24-13-19(23)22-21-12-15-6-3-5-14-4-1-2-7-18(14)15/h1-12H,13H2,(H,22,23)/b21-12-. The molecule has 3 aromatic rings. The van der Waals surface area contributed by atoms with Crippen molar-refractivity contribution in [2.75, 3.05) is 6.61 Å². The fourth-order valence-corrected chi connectivity index (χ4v) is 2.37. The third-order valence-electron chi connectivity index (χ3n) is 3.40. The van der Waals surface area contributed by atoms with Crippen LogP contribution in [0, 0.1) is 0 Å². The number of hydrogen-bond donors (Lipinski definition) is 1. The zero-order valence-corrected chi connectivity index (χ0v) is 13.5. The Morgan fingerprint density at radius 3 is 2.62 bits per heavy atom. The monoisotopic (exact) mass is 338 g/mol. The van der Waals surface area contributed by atoms with Crippen LogP contribution in [0.1, 0.15) is 5.56 Å². The molecule has 0 aliphatic heterocycles. The first kappa shape index (κ1) is 16.0. The van der Waals surface area contributed by atoms with Crippen LogP contribution in [0.3, 0.4) is 0 Å². The summed E-state index contributed by atoms with van der Waals surface area (Å²) in [6.45, 7) is -0.117. The highest BCUT2D eigenvalue weighted by Crippen LogP contribution is 2.17. The molecule has 5 heteroatoms. The summed E-state index contributed by atoms with van der Waals surface area (Å²) in [6, 6.07) is 20.7. The van der Waals surface area contributed by atoms with E-state index in [0.717, 1.165) is 16.3 Å². The predicted molar refractivity (Wildman–Crippen MR) is 96.6 cm³/mol. The number of ether oxygens (including phenoxy) is 1. The molecule has 0 fully saturated rings. The van der Waals surface area contributed by atoms with E-state index >= 15 is 0 Å². The van der Waals surface area contributed by atoms with E-state index in [-0.39, 0.29) is 12.5 Å². The molecule has 0 saturated heterocycles. The Morgan fingerprint density at radius 1 is 1.04 bits per heavy atom. The van der Waals surface area contributed by atoms with Gasteiger partial charge in [-0.2, -0.15) is 5.10 Å². The number of amides is 1. The van der Waals surface area contributed by atoms with Crippen LogP contribution in [0.25, 0.3) is 10.8 Å². The molecule has 0 aliphatic rings. The summed E-state index contributed by atoms with van der Waals surface area (Å²) < 4.78 is 5.35. The lowest BCUT2D eigenvalue weighted by molar-refractivity contribution is -0.123. The average Bonchev–Trinajstić information content (AvgIpc) is 2.61. The molecule has 0 bridgehead atoms. The summed E-state index contributed by atoms with van der Waals surface area (Å²) in [7, 11) is 0. The van der Waals surface area contributed by atoms with E-state index in [2.05, 4.69) is 10.5 Å². The summed E-state index contributed by atoms with van der Waals surface area (Å²) in [5.74, 6) is 0.244. The van der Waals surface area contributed by atoms with Gasteiger partial charge in [0.2, 0.25) is 0 Å². The molecular weight excluding hydrogens is 324 g/mol. The molecule has 1 N–H and O–H groups in total. The van der Waals surface area contributed by atoms with Crippen LogP contribution in [0.4, 0.5) is 0 Å². The third-order valence-corrected chi connectivity index (χ3v) is 3.65. The summed E-state index contributed by atoms with van der Waals surface area (Å²) in [6.07, 6.45) is 1.63. The predicted octanol–water partition coefficient (Wildman–Crippen LogP) is 4.02. The first-order chi connectivity index (χ1) is 11.7. The van der Waals surface area contributed by atoms with Crippen molar-refractivity contribution in [1.82, 2.24) is 5.43 Å². The fraction of sp³-hybridized carbons (Fsp3) is 0.0526. The molecule has 3 aromatic carbocycles. The first-order valence-electron chi connectivity index (χ1n) is 7.40. The Morgan fingerprint density at radius 2 is 1.79 bits per heavy atom. The van der Waals surface area contributed by atoms with E-state index in [4.69, 9.17) is 16.3 Å². The summed E-state index contributed by atoms with van der Waals surface area (Å²) in [4.78, 5) is 11.8. The molecule has 120 valence electrons. The van der Waals surface area contributed by atoms with Crippen LogP contribution >= 0.6 is 11.6 Å². The van der Waals surface area contributed by atoms with Crippen molar-refractivity contribution in [2.45, 2.75) is 0 Å². The molecule has 0 spiro atoms. The van der Waals surface area contributed by atoms with Gasteiger partial charge in [-0.25, -0.2) is 5.43 Å². The highest BCUT2D eigenvalue weighted by atomic mass is 35.5. The van der Waals surface area contributed by atoms with Gasteiger partial charge in [-0.15, -0.1) is 0 Å². The Labute approximate surface area is 144 Å². The molecule has 0 aromatic heterocycles. The normalized spacial score (nSPS) is 10.9. The molecule has 1 amide bonds. The van der Waals surface area contributed by atoms with Gasteiger partial charge in [-0.3, -0.25) is 4.79 Å². The molecule has 0 saturated carbocycles. The molecule has 0 unspecified atom stereocenters. The molecule has 0 atom stereocenters. The molecule has 0 radical (unpaired) electrons. The van der Waals surface area contributed by atoms with E-state index in [9.17, 15) is 4.79 Å². The first-order valence-corrected chi connectivity index (χ1v) is 7.78. The molecule has 4 nitrogen and oxygen atoms in total. The minimum atomic E-state index is -0.332. The van der Waals surface area contributed by atoms with E-state index in [0.29, 0.717) is 10.8 Å². The molecule has 3 rings (SSSR count). The Kier molecular flexibility index (Phi) is 5.08. The van der Waals surface area contributed by atoms with Gasteiger partial charge in [0.25, 0.3) is 5.91 Å². The van der Waals surface area contributed by atoms with Crippen LogP contribution in [0.2, 0.25) is 5.02 Å². The quantitative estimate of drug-likeness (QED) is 0.564. The van der Waals surface area contributed by atoms with Gasteiger partial charge in [0, 0.05) is 10.6 Å². The Balaban J connectivity index is 1.57. The van der Waals surface area contributed by atoms with Crippen molar-refractivity contribution in [2.24, 2.45) is 5.10 Å². The minimum absolute atomic E-state index is 0.117. The van der Waals surface area contributed by atoms with Crippen LogP contribution < -0.4 is 10.2 Å². The van der Waals surface area contributed by atoms with Gasteiger partial charge in [0.05, 0.1) is 6.21 Å². The van der Waals surface area contributed by atoms with E-state index in [1.54, 1.807) is 30.5 Å². The average molecular weight is 339 g/mol. The number of carbonyl (C=O) groups is 1. The van der Waals surface area contributed by atoms with Gasteiger partial charge in [-0.1, -0.05) is 54.1 Å². The third kappa shape index (κ3) is 4.12. The van der Waals surface area contributed by atoms with Crippen LogP contribution in [0.15, 0.2) is 71.8 Å². The highest BCUT2D eigenvalue weighted by molar-refractivity contribution is 6.30. The van der Waals surface area contributed by atoms with Crippen molar-refractivity contribution in [1.29, 1.82) is 0 Å². The van der Waals surface area contributed by atoms with Crippen molar-refractivity contribution < 1.29 is 9.53 Å². The fourth-order valence-electron chi connectivity index (χ4n) is 2.25. The summed E-state index contributed by atoms with van der Waals surface area (Å²) in [5, 5.41) is 6.81. The Hall–Kier alpha value is -2.85. The number of carbonyl (C=O) groups excluding carboxylic acids is 1. The van der Waals surface area contributed by atoms with Gasteiger partial charge in [0.15, 0.2) is 6.61 Å². The van der Waals surface area contributed by atoms with Crippen molar-refractivity contribution >= 4 is 34.5 Å². The number of hydrazone groups is 1. The topological polar surface area (TPSA) is 50.7 Å². The largest absolute Gasteiger partial charge is 0.484 e. The lowest BCUT2D eigenvalue weighted by Crippen LogP contribution is -2.24. The van der Waals surface area contributed by atoms with E-state index in [1.807, 2.05) is 42.5 Å². The maximum atomic E-state index is 11.8. The second kappa shape index (κ2) is 7.62. The second-order valence-electron chi connectivity index (χ2n) is 5.10. The zero-order valence-electron chi connectivity index (χ0n) is 12.8. The van der Waals surface area contributed by atoms with E-state index < -0.39 is 0 Å². The zero-order chi connectivity index (χ0) is 16.8. The number of hydrogen-bond acceptors (Lipinski definition) is 3. The van der Waals surface area contributed by atoms with E-state index in [1.165, 1.54) is 0 Å². The van der Waals surface area contributed by atoms with Crippen LogP contribution in [0.5, 0.6) is 5.75 Å². The second-order valence-corrected chi connectivity index (χ2v) is 5.54. The van der Waals surface area contributed by atoms with Gasteiger partial charge < -0.3 is 4.74 Å². The number of rotatable bonds is 5. The van der Waals surface area contributed by atoms with Crippen LogP contribution in [-0.2, 0) is 4.79 Å². The number of nitrogens with one attached hydrogen (secondary N) is 1. The van der Waals surface area contributed by atoms with Gasteiger partial charge in [-0.05, 0) is 35.0 Å². The van der Waals surface area contributed by atoms with Crippen molar-refractivity contribution in [3.05, 3.63) is 77.3 Å². The SMILES string of the molecule is O=C(COc1ccc(Cl)cc1)N/N=C\c1cccc2ccccc12. The van der Waals surface area contributed by atoms with Crippen LogP contribution in [-0.4, -0.2) is 18.7 Å². The number of halogens is 1. The van der Waals surface area contributed by atoms with Gasteiger partial charge >= 0.3 is 0 Å². The summed E-state index contributed by atoms with van der Waals surface area (Å²) in [5.41, 5.74) is 3.39. The molecule has 0 aliphatic carbocycles. The summed E-state index contributed by atoms with van der Waals surface area (Å²) >= 11 is 5.79. The lowest BCUT2D eigenvalue weighted by atomic mass is 10.1.